The summed E-state index contributed by atoms with van der Waals surface area (Å²) in [6.45, 7) is 6.30. The zero-order valence-corrected chi connectivity index (χ0v) is 14.4. The SMILES string of the molecule is Cc1cccc(C)c1-n1ccnc1-c1ccc2c(c1)nc(C)n2C. The highest BCUT2D eigenvalue weighted by molar-refractivity contribution is 5.81. The molecule has 2 aromatic carbocycles. The fourth-order valence-corrected chi connectivity index (χ4v) is 3.34. The van der Waals surface area contributed by atoms with Crippen molar-refractivity contribution in [3.63, 3.8) is 0 Å². The molecule has 0 saturated heterocycles. The molecule has 0 atom stereocenters. The van der Waals surface area contributed by atoms with E-state index in [0.717, 1.165) is 28.2 Å². The van der Waals surface area contributed by atoms with Gasteiger partial charge in [0.05, 0.1) is 16.7 Å². The van der Waals surface area contributed by atoms with Crippen molar-refractivity contribution in [3.05, 3.63) is 65.7 Å². The lowest BCUT2D eigenvalue weighted by Gasteiger charge is -2.14. The largest absolute Gasteiger partial charge is 0.331 e. The second-order valence-corrected chi connectivity index (χ2v) is 6.28. The van der Waals surface area contributed by atoms with Crippen molar-refractivity contribution in [2.45, 2.75) is 20.8 Å². The van der Waals surface area contributed by atoms with Gasteiger partial charge in [-0.05, 0) is 50.1 Å². The third kappa shape index (κ3) is 2.14. The second kappa shape index (κ2) is 5.34. The quantitative estimate of drug-likeness (QED) is 0.551. The Kier molecular flexibility index (Phi) is 3.27. The van der Waals surface area contributed by atoms with E-state index in [4.69, 9.17) is 0 Å². The molecule has 0 amide bonds. The summed E-state index contributed by atoms with van der Waals surface area (Å²) in [4.78, 5) is 9.26. The van der Waals surface area contributed by atoms with E-state index in [1.165, 1.54) is 16.8 Å². The van der Waals surface area contributed by atoms with Gasteiger partial charge in [0.1, 0.15) is 11.6 Å². The molecule has 2 heterocycles. The second-order valence-electron chi connectivity index (χ2n) is 6.28. The van der Waals surface area contributed by atoms with Gasteiger partial charge in [-0.1, -0.05) is 18.2 Å². The molecule has 2 aromatic heterocycles. The molecule has 0 radical (unpaired) electrons. The number of aromatic nitrogens is 4. The van der Waals surface area contributed by atoms with Gasteiger partial charge in [0.25, 0.3) is 0 Å². The molecule has 0 spiro atoms. The van der Waals surface area contributed by atoms with Crippen LogP contribution in [0.15, 0.2) is 48.8 Å². The summed E-state index contributed by atoms with van der Waals surface area (Å²) in [5.74, 6) is 1.96. The van der Waals surface area contributed by atoms with Gasteiger partial charge in [-0.3, -0.25) is 4.57 Å². The maximum Gasteiger partial charge on any atom is 0.144 e. The number of para-hydroxylation sites is 1. The van der Waals surface area contributed by atoms with Gasteiger partial charge < -0.3 is 4.57 Å². The Morgan fingerprint density at radius 2 is 1.71 bits per heavy atom. The van der Waals surface area contributed by atoms with Gasteiger partial charge in [0, 0.05) is 25.0 Å². The first-order valence-corrected chi connectivity index (χ1v) is 8.09. The summed E-state index contributed by atoms with van der Waals surface area (Å²) in [5, 5.41) is 0. The Morgan fingerprint density at radius 3 is 2.46 bits per heavy atom. The molecule has 24 heavy (non-hydrogen) atoms. The van der Waals surface area contributed by atoms with Crippen LogP contribution < -0.4 is 0 Å². The van der Waals surface area contributed by atoms with Gasteiger partial charge in [-0.2, -0.15) is 0 Å². The average molecular weight is 316 g/mol. The van der Waals surface area contributed by atoms with Crippen LogP contribution in [0.5, 0.6) is 0 Å². The highest BCUT2D eigenvalue weighted by atomic mass is 15.1. The number of nitrogens with zero attached hydrogens (tertiary/aromatic N) is 4. The minimum atomic E-state index is 0.942. The number of hydrogen-bond acceptors (Lipinski definition) is 2. The number of rotatable bonds is 2. The number of hydrogen-bond donors (Lipinski definition) is 0. The Hall–Kier alpha value is -2.88. The van der Waals surface area contributed by atoms with Crippen molar-refractivity contribution >= 4 is 11.0 Å². The standard InChI is InChI=1S/C20H20N4/c1-13-6-5-7-14(2)19(13)24-11-10-21-20(24)16-8-9-18-17(12-16)22-15(3)23(18)4/h5-12H,1-4H3. The summed E-state index contributed by atoms with van der Waals surface area (Å²) in [7, 11) is 2.04. The fourth-order valence-electron chi connectivity index (χ4n) is 3.34. The summed E-state index contributed by atoms with van der Waals surface area (Å²) in [6.07, 6.45) is 3.88. The van der Waals surface area contributed by atoms with Crippen molar-refractivity contribution in [1.82, 2.24) is 19.1 Å². The predicted molar refractivity (Wildman–Crippen MR) is 97.5 cm³/mol. The Bertz CT molecular complexity index is 1030. The average Bonchev–Trinajstić information content (AvgIpc) is 3.13. The number of fused-ring (bicyclic) bond motifs is 1. The van der Waals surface area contributed by atoms with Crippen LogP contribution in [0.3, 0.4) is 0 Å². The lowest BCUT2D eigenvalue weighted by atomic mass is 10.1. The minimum Gasteiger partial charge on any atom is -0.331 e. The Labute approximate surface area is 141 Å². The molecule has 0 unspecified atom stereocenters. The molecule has 0 aliphatic heterocycles. The molecule has 0 aliphatic rings. The summed E-state index contributed by atoms with van der Waals surface area (Å²) in [6, 6.07) is 12.7. The van der Waals surface area contributed by atoms with Gasteiger partial charge >= 0.3 is 0 Å². The van der Waals surface area contributed by atoms with Gasteiger partial charge in [-0.25, -0.2) is 9.97 Å². The Balaban J connectivity index is 1.92. The lowest BCUT2D eigenvalue weighted by Crippen LogP contribution is -2.01. The van der Waals surface area contributed by atoms with E-state index in [-0.39, 0.29) is 0 Å². The van der Waals surface area contributed by atoms with Crippen LogP contribution in [0.4, 0.5) is 0 Å². The van der Waals surface area contributed by atoms with E-state index >= 15 is 0 Å². The zero-order valence-electron chi connectivity index (χ0n) is 14.4. The van der Waals surface area contributed by atoms with Crippen LogP contribution in [0.25, 0.3) is 28.1 Å². The van der Waals surface area contributed by atoms with Crippen molar-refractivity contribution in [1.29, 1.82) is 0 Å². The first-order valence-electron chi connectivity index (χ1n) is 8.09. The highest BCUT2D eigenvalue weighted by Gasteiger charge is 2.13. The maximum absolute atomic E-state index is 4.65. The van der Waals surface area contributed by atoms with E-state index in [0.29, 0.717) is 0 Å². The molecule has 0 aliphatic carbocycles. The first kappa shape index (κ1) is 14.7. The van der Waals surface area contributed by atoms with Gasteiger partial charge in [0.2, 0.25) is 0 Å². The van der Waals surface area contributed by atoms with E-state index in [1.54, 1.807) is 0 Å². The van der Waals surface area contributed by atoms with Crippen LogP contribution in [-0.2, 0) is 7.05 Å². The lowest BCUT2D eigenvalue weighted by molar-refractivity contribution is 0.886. The molecule has 0 saturated carbocycles. The number of aryl methyl sites for hydroxylation is 4. The van der Waals surface area contributed by atoms with Gasteiger partial charge in [0.15, 0.2) is 0 Å². The molecule has 0 fully saturated rings. The van der Waals surface area contributed by atoms with E-state index < -0.39 is 0 Å². The maximum atomic E-state index is 4.65. The van der Waals surface area contributed by atoms with Crippen molar-refractivity contribution in [3.8, 4) is 17.1 Å². The van der Waals surface area contributed by atoms with Crippen LogP contribution in [0.1, 0.15) is 17.0 Å². The number of imidazole rings is 2. The highest BCUT2D eigenvalue weighted by Crippen LogP contribution is 2.28. The third-order valence-corrected chi connectivity index (χ3v) is 4.68. The summed E-state index contributed by atoms with van der Waals surface area (Å²) < 4.78 is 4.28. The van der Waals surface area contributed by atoms with Gasteiger partial charge in [-0.15, -0.1) is 0 Å². The molecular formula is C20H20N4. The number of benzene rings is 2. The van der Waals surface area contributed by atoms with Crippen LogP contribution in [0.2, 0.25) is 0 Å². The molecule has 4 aromatic rings. The summed E-state index contributed by atoms with van der Waals surface area (Å²) in [5.41, 5.74) is 6.90. The van der Waals surface area contributed by atoms with Crippen molar-refractivity contribution < 1.29 is 0 Å². The molecular weight excluding hydrogens is 296 g/mol. The minimum absolute atomic E-state index is 0.942. The normalized spacial score (nSPS) is 11.3. The topological polar surface area (TPSA) is 35.6 Å². The van der Waals surface area contributed by atoms with Crippen LogP contribution in [-0.4, -0.2) is 19.1 Å². The van der Waals surface area contributed by atoms with Crippen molar-refractivity contribution in [2.75, 3.05) is 0 Å². The molecule has 4 rings (SSSR count). The van der Waals surface area contributed by atoms with E-state index in [9.17, 15) is 0 Å². The van der Waals surface area contributed by atoms with Crippen molar-refractivity contribution in [2.24, 2.45) is 7.05 Å². The van der Waals surface area contributed by atoms with E-state index in [1.807, 2.05) is 26.4 Å². The molecule has 0 N–H and O–H groups in total. The molecule has 4 heteroatoms. The molecule has 4 nitrogen and oxygen atoms in total. The third-order valence-electron chi connectivity index (χ3n) is 4.68. The van der Waals surface area contributed by atoms with E-state index in [2.05, 4.69) is 69.3 Å². The fraction of sp³-hybridized carbons (Fsp3) is 0.200. The Morgan fingerprint density at radius 1 is 0.958 bits per heavy atom. The smallest absolute Gasteiger partial charge is 0.144 e. The molecule has 0 bridgehead atoms. The van der Waals surface area contributed by atoms with Crippen LogP contribution >= 0.6 is 0 Å². The zero-order chi connectivity index (χ0) is 16.8. The molecule has 120 valence electrons. The monoisotopic (exact) mass is 316 g/mol. The summed E-state index contributed by atoms with van der Waals surface area (Å²) >= 11 is 0. The predicted octanol–water partition coefficient (Wildman–Crippen LogP) is 4.35. The van der Waals surface area contributed by atoms with Crippen LogP contribution in [0, 0.1) is 20.8 Å². The first-order chi connectivity index (χ1) is 11.6.